The van der Waals surface area contributed by atoms with Crippen LogP contribution in [0.1, 0.15) is 15.9 Å². The summed E-state index contributed by atoms with van der Waals surface area (Å²) >= 11 is 1.43. The molecule has 1 aromatic heterocycles. The zero-order valence-corrected chi connectivity index (χ0v) is 20.6. The van der Waals surface area contributed by atoms with Gasteiger partial charge >= 0.3 is 6.03 Å². The third-order valence-electron chi connectivity index (χ3n) is 5.43. The number of hydrogen-bond donors (Lipinski definition) is 3. The lowest BCUT2D eigenvalue weighted by molar-refractivity contribution is 0.102. The topological polar surface area (TPSA) is 109 Å². The van der Waals surface area contributed by atoms with Crippen molar-refractivity contribution >= 4 is 40.3 Å². The van der Waals surface area contributed by atoms with Crippen LogP contribution >= 0.6 is 11.3 Å². The molecule has 3 aromatic rings. The number of nitrogens with one attached hydrogen (secondary N) is 2. The highest BCUT2D eigenvalue weighted by Crippen LogP contribution is 2.32. The van der Waals surface area contributed by atoms with Gasteiger partial charge in [0.15, 0.2) is 11.5 Å². The highest BCUT2D eigenvalue weighted by molar-refractivity contribution is 7.09. The second-order valence-electron chi connectivity index (χ2n) is 8.41. The van der Waals surface area contributed by atoms with E-state index < -0.39 is 0 Å². The molecule has 0 spiro atoms. The van der Waals surface area contributed by atoms with E-state index in [4.69, 9.17) is 15.2 Å². The first-order valence-electron chi connectivity index (χ1n) is 11.2. The van der Waals surface area contributed by atoms with E-state index in [2.05, 4.69) is 10.6 Å². The van der Waals surface area contributed by atoms with Gasteiger partial charge in [0.25, 0.3) is 5.91 Å². The van der Waals surface area contributed by atoms with E-state index in [0.717, 1.165) is 5.56 Å². The Morgan fingerprint density at radius 1 is 0.971 bits per heavy atom. The molecule has 3 amide bonds. The first-order valence-corrected chi connectivity index (χ1v) is 12.2. The highest BCUT2D eigenvalue weighted by Gasteiger charge is 2.18. The number of carbonyl (C=O) groups is 2. The van der Waals surface area contributed by atoms with Crippen LogP contribution in [0.3, 0.4) is 0 Å². The smallest absolute Gasteiger partial charge is 0.322 e. The van der Waals surface area contributed by atoms with Gasteiger partial charge in [0.2, 0.25) is 0 Å². The van der Waals surface area contributed by atoms with E-state index in [1.165, 1.54) is 11.3 Å². The highest BCUT2D eigenvalue weighted by atomic mass is 32.1. The normalized spacial score (nSPS) is 12.3. The van der Waals surface area contributed by atoms with Gasteiger partial charge in [-0.15, -0.1) is 11.3 Å². The maximum Gasteiger partial charge on any atom is 0.322 e. The Hall–Kier alpha value is -3.76. The average molecular weight is 496 g/mol. The number of rotatable bonds is 8. The largest absolute Gasteiger partial charge is 0.486 e. The van der Waals surface area contributed by atoms with Crippen LogP contribution in [-0.4, -0.2) is 62.1 Å². The number of nitrogens with two attached hydrogens (primary N) is 1. The predicted molar refractivity (Wildman–Crippen MR) is 139 cm³/mol. The van der Waals surface area contributed by atoms with E-state index >= 15 is 0 Å². The molecule has 0 radical (unpaired) electrons. The van der Waals surface area contributed by atoms with E-state index in [-0.39, 0.29) is 11.9 Å². The number of fused-ring (bicyclic) bond motifs is 1. The molecule has 0 aliphatic carbocycles. The number of carbonyl (C=O) groups excluding carboxylic acids is 2. The number of hydrogen-bond acceptors (Lipinski definition) is 7. The third-order valence-corrected chi connectivity index (χ3v) is 6.19. The summed E-state index contributed by atoms with van der Waals surface area (Å²) in [5.74, 6) is 1.05. The molecular weight excluding hydrogens is 466 g/mol. The summed E-state index contributed by atoms with van der Waals surface area (Å²) in [7, 11) is 3.93. The van der Waals surface area contributed by atoms with Crippen molar-refractivity contribution < 1.29 is 19.1 Å². The molecule has 10 heteroatoms. The molecule has 184 valence electrons. The van der Waals surface area contributed by atoms with Crippen molar-refractivity contribution in [2.75, 3.05) is 56.8 Å². The molecule has 1 aliphatic rings. The monoisotopic (exact) mass is 495 g/mol. The molecule has 0 saturated carbocycles. The summed E-state index contributed by atoms with van der Waals surface area (Å²) in [6.07, 6.45) is 0. The van der Waals surface area contributed by atoms with Gasteiger partial charge in [0.05, 0.1) is 11.4 Å². The van der Waals surface area contributed by atoms with Gasteiger partial charge in [0, 0.05) is 47.7 Å². The van der Waals surface area contributed by atoms with Crippen LogP contribution in [0, 0.1) is 0 Å². The second-order valence-corrected chi connectivity index (χ2v) is 9.15. The van der Waals surface area contributed by atoms with E-state index in [0.29, 0.717) is 67.0 Å². The summed E-state index contributed by atoms with van der Waals surface area (Å²) in [6.45, 7) is 2.62. The number of thiophene rings is 1. The summed E-state index contributed by atoms with van der Waals surface area (Å²) in [6, 6.07) is 12.3. The van der Waals surface area contributed by atoms with Gasteiger partial charge in [0.1, 0.15) is 13.2 Å². The molecule has 2 heterocycles. The number of benzene rings is 2. The molecule has 0 fully saturated rings. The molecule has 1 aliphatic heterocycles. The number of nitrogen functional groups attached to an aromatic ring is 1. The Labute approximate surface area is 208 Å². The van der Waals surface area contributed by atoms with Crippen molar-refractivity contribution in [2.24, 2.45) is 0 Å². The maximum atomic E-state index is 13.1. The molecule has 0 atom stereocenters. The van der Waals surface area contributed by atoms with Crippen LogP contribution in [0.5, 0.6) is 11.5 Å². The second kappa shape index (κ2) is 11.1. The van der Waals surface area contributed by atoms with Gasteiger partial charge in [-0.1, -0.05) is 12.1 Å². The Kier molecular flexibility index (Phi) is 7.74. The minimum atomic E-state index is -0.234. The molecule has 9 nitrogen and oxygen atoms in total. The van der Waals surface area contributed by atoms with Gasteiger partial charge in [-0.2, -0.15) is 0 Å². The minimum absolute atomic E-state index is 0.224. The molecule has 0 bridgehead atoms. The predicted octanol–water partition coefficient (Wildman–Crippen LogP) is 3.95. The first kappa shape index (κ1) is 24.4. The maximum absolute atomic E-state index is 13.1. The Balaban J connectivity index is 1.42. The number of urea groups is 1. The van der Waals surface area contributed by atoms with Crippen LogP contribution < -0.4 is 25.8 Å². The fraction of sp³-hybridized carbons (Fsp3) is 0.280. The van der Waals surface area contributed by atoms with E-state index in [9.17, 15) is 9.59 Å². The first-order chi connectivity index (χ1) is 16.9. The molecule has 35 heavy (non-hydrogen) atoms. The minimum Gasteiger partial charge on any atom is -0.486 e. The van der Waals surface area contributed by atoms with Crippen molar-refractivity contribution in [3.8, 4) is 11.5 Å². The summed E-state index contributed by atoms with van der Waals surface area (Å²) < 4.78 is 11.2. The Morgan fingerprint density at radius 3 is 2.40 bits per heavy atom. The van der Waals surface area contributed by atoms with Crippen molar-refractivity contribution in [2.45, 2.75) is 6.54 Å². The number of anilines is 3. The molecule has 0 saturated heterocycles. The van der Waals surface area contributed by atoms with Crippen molar-refractivity contribution in [3.05, 3.63) is 64.4 Å². The molecule has 0 unspecified atom stereocenters. The molecule has 4 rings (SSSR count). The fourth-order valence-corrected chi connectivity index (χ4v) is 4.15. The standard InChI is InChI=1S/C25H29N5O4S/c1-29(2)9-10-30(25(32)27-19-7-8-22-23(13-19)34-12-11-33-22)14-17-3-5-18(6-4-17)24(31)28-21-16-35-15-20(21)26/h3-8,13,15-16H,9-12,14,26H2,1-2H3,(H,27,32)(H,28,31). The zero-order valence-electron chi connectivity index (χ0n) is 19.7. The number of ether oxygens (including phenoxy) is 2. The SMILES string of the molecule is CN(C)CCN(Cc1ccc(C(=O)Nc2cscc2N)cc1)C(=O)Nc1ccc2c(c1)OCCO2. The van der Waals surface area contributed by atoms with Gasteiger partial charge in [-0.3, -0.25) is 4.79 Å². The number of amides is 3. The summed E-state index contributed by atoms with van der Waals surface area (Å²) in [5.41, 5.74) is 9.05. The average Bonchev–Trinajstić information content (AvgIpc) is 3.25. The zero-order chi connectivity index (χ0) is 24.8. The lowest BCUT2D eigenvalue weighted by atomic mass is 10.1. The van der Waals surface area contributed by atoms with Crippen LogP contribution in [0.2, 0.25) is 0 Å². The Morgan fingerprint density at radius 2 is 1.71 bits per heavy atom. The van der Waals surface area contributed by atoms with E-state index in [1.807, 2.05) is 31.1 Å². The van der Waals surface area contributed by atoms with Crippen LogP contribution in [0.25, 0.3) is 0 Å². The van der Waals surface area contributed by atoms with Crippen molar-refractivity contribution in [1.29, 1.82) is 0 Å². The van der Waals surface area contributed by atoms with Gasteiger partial charge < -0.3 is 35.6 Å². The summed E-state index contributed by atoms with van der Waals surface area (Å²) in [4.78, 5) is 29.4. The van der Waals surface area contributed by atoms with Crippen LogP contribution in [0.4, 0.5) is 21.9 Å². The van der Waals surface area contributed by atoms with Crippen LogP contribution in [0.15, 0.2) is 53.2 Å². The number of nitrogens with zero attached hydrogens (tertiary/aromatic N) is 2. The fourth-order valence-electron chi connectivity index (χ4n) is 3.48. The number of likely N-dealkylation sites (N-methyl/N-ethyl adjacent to an activating group) is 1. The quantitative estimate of drug-likeness (QED) is 0.437. The van der Waals surface area contributed by atoms with Gasteiger partial charge in [-0.05, 0) is 43.9 Å². The summed E-state index contributed by atoms with van der Waals surface area (Å²) in [5, 5.41) is 9.34. The molecule has 4 N–H and O–H groups in total. The van der Waals surface area contributed by atoms with Crippen molar-refractivity contribution in [3.63, 3.8) is 0 Å². The lowest BCUT2D eigenvalue weighted by Crippen LogP contribution is -2.39. The lowest BCUT2D eigenvalue weighted by Gasteiger charge is -2.25. The van der Waals surface area contributed by atoms with Crippen LogP contribution in [-0.2, 0) is 6.54 Å². The van der Waals surface area contributed by atoms with E-state index in [1.54, 1.807) is 46.0 Å². The molecule has 2 aromatic carbocycles. The molecular formula is C25H29N5O4S. The van der Waals surface area contributed by atoms with Crippen molar-refractivity contribution in [1.82, 2.24) is 9.80 Å². The van der Waals surface area contributed by atoms with Gasteiger partial charge in [-0.25, -0.2) is 4.79 Å². The third kappa shape index (κ3) is 6.43. The Bertz CT molecular complexity index is 1180.